The van der Waals surface area contributed by atoms with Crippen molar-refractivity contribution < 1.29 is 4.79 Å². The van der Waals surface area contributed by atoms with Crippen LogP contribution in [-0.2, 0) is 0 Å². The summed E-state index contributed by atoms with van der Waals surface area (Å²) in [6, 6.07) is 6.46. The van der Waals surface area contributed by atoms with Gasteiger partial charge in [0.05, 0.1) is 0 Å². The molecule has 1 N–H and O–H groups in total. The van der Waals surface area contributed by atoms with Gasteiger partial charge in [-0.25, -0.2) is 0 Å². The molecule has 1 saturated heterocycles. The van der Waals surface area contributed by atoms with Crippen molar-refractivity contribution >= 4 is 17.5 Å². The molecule has 4 heteroatoms. The Morgan fingerprint density at radius 3 is 2.85 bits per heavy atom. The second-order valence-electron chi connectivity index (χ2n) is 5.94. The Bertz CT molecular complexity index is 507. The van der Waals surface area contributed by atoms with Crippen molar-refractivity contribution in [3.05, 3.63) is 34.3 Å². The van der Waals surface area contributed by atoms with Crippen LogP contribution in [0.3, 0.4) is 0 Å². The van der Waals surface area contributed by atoms with E-state index < -0.39 is 0 Å². The van der Waals surface area contributed by atoms with Gasteiger partial charge in [0.2, 0.25) is 0 Å². The van der Waals surface area contributed by atoms with Crippen molar-refractivity contribution in [2.24, 2.45) is 0 Å². The first-order chi connectivity index (χ1) is 9.65. The van der Waals surface area contributed by atoms with E-state index in [9.17, 15) is 4.79 Å². The van der Waals surface area contributed by atoms with Gasteiger partial charge >= 0.3 is 0 Å². The molecule has 1 aliphatic heterocycles. The van der Waals surface area contributed by atoms with Gasteiger partial charge in [0.15, 0.2) is 0 Å². The van der Waals surface area contributed by atoms with Crippen LogP contribution in [0.2, 0.25) is 5.02 Å². The Morgan fingerprint density at radius 1 is 1.40 bits per heavy atom. The van der Waals surface area contributed by atoms with Gasteiger partial charge in [0.1, 0.15) is 0 Å². The van der Waals surface area contributed by atoms with E-state index in [4.69, 9.17) is 11.6 Å². The topological polar surface area (TPSA) is 32.3 Å². The predicted octanol–water partition coefficient (Wildman–Crippen LogP) is 3.01. The highest BCUT2D eigenvalue weighted by atomic mass is 35.5. The number of hydrogen-bond donors (Lipinski definition) is 1. The summed E-state index contributed by atoms with van der Waals surface area (Å²) in [4.78, 5) is 14.9. The molecule has 1 unspecified atom stereocenters. The minimum atomic E-state index is 0.140. The fraction of sp³-hybridized carbons (Fsp3) is 0.562. The third kappa shape index (κ3) is 2.99. The molecule has 1 heterocycles. The second-order valence-corrected chi connectivity index (χ2v) is 6.38. The van der Waals surface area contributed by atoms with E-state index in [0.717, 1.165) is 37.1 Å². The first kappa shape index (κ1) is 13.9. The molecule has 108 valence electrons. The van der Waals surface area contributed by atoms with Crippen LogP contribution in [0.5, 0.6) is 0 Å². The molecular weight excluding hydrogens is 272 g/mol. The fourth-order valence-electron chi connectivity index (χ4n) is 2.91. The number of aryl methyl sites for hydroxylation is 1. The fourth-order valence-corrected chi connectivity index (χ4v) is 3.09. The molecule has 2 aliphatic rings. The molecule has 3 rings (SSSR count). The third-order valence-corrected chi connectivity index (χ3v) is 4.49. The molecule has 2 fully saturated rings. The minimum absolute atomic E-state index is 0.140. The van der Waals surface area contributed by atoms with E-state index in [0.29, 0.717) is 17.1 Å². The van der Waals surface area contributed by atoms with Crippen molar-refractivity contribution in [1.29, 1.82) is 0 Å². The number of nitrogens with zero attached hydrogens (tertiary/aromatic N) is 1. The van der Waals surface area contributed by atoms with E-state index in [1.165, 1.54) is 12.8 Å². The van der Waals surface area contributed by atoms with Crippen molar-refractivity contribution in [3.63, 3.8) is 0 Å². The van der Waals surface area contributed by atoms with Gasteiger partial charge in [-0.3, -0.25) is 4.79 Å². The Hall–Kier alpha value is -1.06. The van der Waals surface area contributed by atoms with E-state index in [1.54, 1.807) is 6.07 Å². The lowest BCUT2D eigenvalue weighted by Gasteiger charge is -2.26. The maximum absolute atomic E-state index is 12.8. The lowest BCUT2D eigenvalue weighted by atomic mass is 10.1. The van der Waals surface area contributed by atoms with E-state index in [2.05, 4.69) is 10.2 Å². The summed E-state index contributed by atoms with van der Waals surface area (Å²) in [6.07, 6.45) is 4.66. The van der Waals surface area contributed by atoms with Gasteiger partial charge in [-0.05, 0) is 56.8 Å². The zero-order valence-electron chi connectivity index (χ0n) is 11.9. The van der Waals surface area contributed by atoms with E-state index in [1.807, 2.05) is 19.1 Å². The number of halogens is 1. The molecule has 1 saturated carbocycles. The van der Waals surface area contributed by atoms with Crippen molar-refractivity contribution in [2.75, 3.05) is 13.1 Å². The lowest BCUT2D eigenvalue weighted by Crippen LogP contribution is -2.42. The van der Waals surface area contributed by atoms with Gasteiger partial charge in [-0.15, -0.1) is 0 Å². The Labute approximate surface area is 125 Å². The van der Waals surface area contributed by atoms with Crippen LogP contribution in [-0.4, -0.2) is 36.0 Å². The maximum atomic E-state index is 12.8. The number of hydrogen-bond acceptors (Lipinski definition) is 2. The summed E-state index contributed by atoms with van der Waals surface area (Å²) in [5, 5.41) is 4.12. The van der Waals surface area contributed by atoms with Crippen LogP contribution in [0.15, 0.2) is 18.2 Å². The van der Waals surface area contributed by atoms with Crippen LogP contribution >= 0.6 is 11.6 Å². The SMILES string of the molecule is Cc1ccc(Cl)cc1C(=O)N(CC1CCCN1)C1CC1. The molecule has 1 atom stereocenters. The van der Waals surface area contributed by atoms with Gasteiger partial charge < -0.3 is 10.2 Å². The van der Waals surface area contributed by atoms with Gasteiger partial charge in [-0.1, -0.05) is 17.7 Å². The number of rotatable bonds is 4. The highest BCUT2D eigenvalue weighted by molar-refractivity contribution is 6.31. The number of carbonyl (C=O) groups excluding carboxylic acids is 1. The summed E-state index contributed by atoms with van der Waals surface area (Å²) in [6.45, 7) is 3.88. The maximum Gasteiger partial charge on any atom is 0.254 e. The monoisotopic (exact) mass is 292 g/mol. The van der Waals surface area contributed by atoms with Crippen molar-refractivity contribution in [2.45, 2.75) is 44.7 Å². The summed E-state index contributed by atoms with van der Waals surface area (Å²) in [7, 11) is 0. The normalized spacial score (nSPS) is 22.0. The smallest absolute Gasteiger partial charge is 0.254 e. The first-order valence-electron chi connectivity index (χ1n) is 7.45. The molecule has 1 aromatic carbocycles. The third-order valence-electron chi connectivity index (χ3n) is 4.26. The van der Waals surface area contributed by atoms with Crippen LogP contribution in [0.4, 0.5) is 0 Å². The van der Waals surface area contributed by atoms with Crippen molar-refractivity contribution in [3.8, 4) is 0 Å². The Morgan fingerprint density at radius 2 is 2.20 bits per heavy atom. The van der Waals surface area contributed by atoms with Crippen LogP contribution in [0, 0.1) is 6.92 Å². The Kier molecular flexibility index (Phi) is 3.99. The standard InChI is InChI=1S/C16H21ClN2O/c1-11-4-5-12(17)9-15(11)16(20)19(14-6-7-14)10-13-3-2-8-18-13/h4-5,9,13-14,18H,2-3,6-8,10H2,1H3. The lowest BCUT2D eigenvalue weighted by molar-refractivity contribution is 0.0728. The van der Waals surface area contributed by atoms with Crippen LogP contribution in [0.1, 0.15) is 41.6 Å². The van der Waals surface area contributed by atoms with Gasteiger partial charge in [0.25, 0.3) is 5.91 Å². The number of amides is 1. The van der Waals surface area contributed by atoms with Gasteiger partial charge in [-0.2, -0.15) is 0 Å². The van der Waals surface area contributed by atoms with E-state index in [-0.39, 0.29) is 5.91 Å². The predicted molar refractivity (Wildman–Crippen MR) is 81.3 cm³/mol. The summed E-state index contributed by atoms with van der Waals surface area (Å²) in [5.41, 5.74) is 1.76. The van der Waals surface area contributed by atoms with Crippen molar-refractivity contribution in [1.82, 2.24) is 10.2 Å². The minimum Gasteiger partial charge on any atom is -0.334 e. The second kappa shape index (κ2) is 5.74. The highest BCUT2D eigenvalue weighted by Crippen LogP contribution is 2.30. The largest absolute Gasteiger partial charge is 0.334 e. The summed E-state index contributed by atoms with van der Waals surface area (Å²) in [5.74, 6) is 0.140. The molecule has 0 bridgehead atoms. The molecule has 0 aromatic heterocycles. The number of nitrogens with one attached hydrogen (secondary N) is 1. The molecule has 1 amide bonds. The quantitative estimate of drug-likeness (QED) is 0.925. The van der Waals surface area contributed by atoms with E-state index >= 15 is 0 Å². The molecule has 1 aliphatic carbocycles. The molecule has 0 spiro atoms. The molecule has 1 aromatic rings. The Balaban J connectivity index is 1.79. The van der Waals surface area contributed by atoms with Gasteiger partial charge in [0, 0.05) is 29.2 Å². The number of benzene rings is 1. The average Bonchev–Trinajstić information content (AvgIpc) is 3.15. The molecule has 0 radical (unpaired) electrons. The molecule has 20 heavy (non-hydrogen) atoms. The summed E-state index contributed by atoms with van der Waals surface area (Å²) < 4.78 is 0. The molecular formula is C16H21ClN2O. The highest BCUT2D eigenvalue weighted by Gasteiger charge is 2.35. The number of carbonyl (C=O) groups is 1. The zero-order valence-corrected chi connectivity index (χ0v) is 12.6. The summed E-state index contributed by atoms with van der Waals surface area (Å²) >= 11 is 6.05. The zero-order chi connectivity index (χ0) is 14.1. The average molecular weight is 293 g/mol. The first-order valence-corrected chi connectivity index (χ1v) is 7.83. The van der Waals surface area contributed by atoms with Crippen LogP contribution in [0.25, 0.3) is 0 Å². The van der Waals surface area contributed by atoms with Crippen LogP contribution < -0.4 is 5.32 Å². The molecule has 3 nitrogen and oxygen atoms in total.